The zero-order valence-corrected chi connectivity index (χ0v) is 12.9. The van der Waals surface area contributed by atoms with Gasteiger partial charge in [-0.2, -0.15) is 18.3 Å². The summed E-state index contributed by atoms with van der Waals surface area (Å²) in [6, 6.07) is 0. The number of hydrogen-bond donors (Lipinski definition) is 1. The van der Waals surface area contributed by atoms with Crippen LogP contribution in [0.5, 0.6) is 0 Å². The molecule has 1 aromatic rings. The van der Waals surface area contributed by atoms with Crippen LogP contribution < -0.4 is 5.32 Å². The molecule has 1 heterocycles. The number of aromatic nitrogens is 2. The van der Waals surface area contributed by atoms with Crippen LogP contribution in [-0.2, 0) is 13.0 Å². The molecule has 1 rings (SSSR count). The molecular weight excluding hydrogens is 323 g/mol. The predicted octanol–water partition coefficient (Wildman–Crippen LogP) is 3.30. The third-order valence-electron chi connectivity index (χ3n) is 2.81. The Morgan fingerprint density at radius 3 is 2.58 bits per heavy atom. The van der Waals surface area contributed by atoms with Gasteiger partial charge in [0, 0.05) is 6.54 Å². The molecule has 19 heavy (non-hydrogen) atoms. The zero-order chi connectivity index (χ0) is 14.6. The largest absolute Gasteiger partial charge is 0.401 e. The van der Waals surface area contributed by atoms with Gasteiger partial charge in [-0.15, -0.1) is 0 Å². The number of alkyl halides is 3. The van der Waals surface area contributed by atoms with E-state index < -0.39 is 12.7 Å². The fourth-order valence-electron chi connectivity index (χ4n) is 1.93. The molecule has 1 aromatic heterocycles. The number of halogens is 4. The van der Waals surface area contributed by atoms with Crippen molar-refractivity contribution < 1.29 is 13.2 Å². The molecule has 0 aromatic carbocycles. The molecule has 0 saturated heterocycles. The monoisotopic (exact) mass is 341 g/mol. The fraction of sp³-hybridized carbons (Fsp3) is 0.750. The van der Waals surface area contributed by atoms with Crippen LogP contribution in [0.3, 0.4) is 0 Å². The lowest BCUT2D eigenvalue weighted by Crippen LogP contribution is -2.32. The van der Waals surface area contributed by atoms with Crippen LogP contribution in [-0.4, -0.2) is 29.0 Å². The second-order valence-electron chi connectivity index (χ2n) is 4.72. The zero-order valence-electron chi connectivity index (χ0n) is 11.3. The maximum Gasteiger partial charge on any atom is 0.401 e. The minimum atomic E-state index is -4.15. The van der Waals surface area contributed by atoms with Crippen LogP contribution in [0.4, 0.5) is 13.2 Å². The summed E-state index contributed by atoms with van der Waals surface area (Å²) in [6.07, 6.45) is -3.46. The Kier molecular flexibility index (Phi) is 5.85. The van der Waals surface area contributed by atoms with E-state index in [4.69, 9.17) is 0 Å². The normalized spacial score (nSPS) is 13.8. The highest BCUT2D eigenvalue weighted by molar-refractivity contribution is 9.10. The van der Waals surface area contributed by atoms with Crippen molar-refractivity contribution in [1.82, 2.24) is 15.1 Å². The lowest BCUT2D eigenvalue weighted by atomic mass is 10.1. The lowest BCUT2D eigenvalue weighted by Gasteiger charge is -2.15. The second-order valence-corrected chi connectivity index (χ2v) is 5.51. The van der Waals surface area contributed by atoms with Crippen molar-refractivity contribution in [3.63, 3.8) is 0 Å². The van der Waals surface area contributed by atoms with Crippen LogP contribution in [0, 0.1) is 12.8 Å². The van der Waals surface area contributed by atoms with E-state index in [0.717, 1.165) is 22.4 Å². The van der Waals surface area contributed by atoms with Crippen molar-refractivity contribution in [3.8, 4) is 0 Å². The number of nitrogens with one attached hydrogen (secondary N) is 1. The molecule has 110 valence electrons. The van der Waals surface area contributed by atoms with E-state index in [1.165, 1.54) is 0 Å². The minimum Gasteiger partial charge on any atom is -0.308 e. The molecule has 0 radical (unpaired) electrons. The van der Waals surface area contributed by atoms with Crippen molar-refractivity contribution in [2.45, 2.75) is 39.9 Å². The molecular formula is C12H19BrF3N3. The van der Waals surface area contributed by atoms with Gasteiger partial charge in [0.1, 0.15) is 0 Å². The molecule has 0 bridgehead atoms. The summed E-state index contributed by atoms with van der Waals surface area (Å²) < 4.78 is 38.9. The van der Waals surface area contributed by atoms with Crippen LogP contribution >= 0.6 is 15.9 Å². The first-order valence-corrected chi connectivity index (χ1v) is 7.03. The van der Waals surface area contributed by atoms with Crippen molar-refractivity contribution >= 4 is 15.9 Å². The van der Waals surface area contributed by atoms with Gasteiger partial charge in [0.25, 0.3) is 0 Å². The third-order valence-corrected chi connectivity index (χ3v) is 3.84. The van der Waals surface area contributed by atoms with Crippen molar-refractivity contribution in [2.24, 2.45) is 5.92 Å². The van der Waals surface area contributed by atoms with Gasteiger partial charge >= 0.3 is 6.18 Å². The Bertz CT molecular complexity index is 415. The van der Waals surface area contributed by atoms with Crippen molar-refractivity contribution in [2.75, 3.05) is 13.1 Å². The van der Waals surface area contributed by atoms with E-state index in [-0.39, 0.29) is 5.92 Å². The van der Waals surface area contributed by atoms with Crippen molar-refractivity contribution in [3.05, 3.63) is 15.9 Å². The maximum absolute atomic E-state index is 12.0. The smallest absolute Gasteiger partial charge is 0.308 e. The van der Waals surface area contributed by atoms with Gasteiger partial charge in [0.15, 0.2) is 0 Å². The average Bonchev–Trinajstić information content (AvgIpc) is 2.55. The quantitative estimate of drug-likeness (QED) is 0.860. The first-order valence-electron chi connectivity index (χ1n) is 6.23. The standard InChI is InChI=1S/C12H19BrF3N3/c1-4-19-10(11(13)9(3)18-19)5-8(2)6-17-7-12(14,15)16/h8,17H,4-7H2,1-3H3. The summed E-state index contributed by atoms with van der Waals surface area (Å²) in [7, 11) is 0. The van der Waals surface area contributed by atoms with E-state index in [0.29, 0.717) is 13.0 Å². The van der Waals surface area contributed by atoms with Gasteiger partial charge in [-0.1, -0.05) is 6.92 Å². The Labute approximate surface area is 119 Å². The summed E-state index contributed by atoms with van der Waals surface area (Å²) in [5.41, 5.74) is 1.95. The molecule has 0 amide bonds. The highest BCUT2D eigenvalue weighted by atomic mass is 79.9. The predicted molar refractivity (Wildman–Crippen MR) is 72.1 cm³/mol. The first-order chi connectivity index (χ1) is 8.74. The highest BCUT2D eigenvalue weighted by Crippen LogP contribution is 2.23. The van der Waals surface area contributed by atoms with Crippen LogP contribution in [0.25, 0.3) is 0 Å². The van der Waals surface area contributed by atoms with E-state index in [1.54, 1.807) is 0 Å². The van der Waals surface area contributed by atoms with Gasteiger partial charge in [-0.05, 0) is 48.7 Å². The number of hydrogen-bond acceptors (Lipinski definition) is 2. The summed E-state index contributed by atoms with van der Waals surface area (Å²) in [5, 5.41) is 6.81. The van der Waals surface area contributed by atoms with Crippen LogP contribution in [0.2, 0.25) is 0 Å². The molecule has 1 atom stereocenters. The van der Waals surface area contributed by atoms with Gasteiger partial charge < -0.3 is 5.32 Å². The summed E-state index contributed by atoms with van der Waals surface area (Å²) in [4.78, 5) is 0. The van der Waals surface area contributed by atoms with Gasteiger partial charge in [-0.25, -0.2) is 0 Å². The number of aryl methyl sites for hydroxylation is 2. The average molecular weight is 342 g/mol. The third kappa shape index (κ3) is 5.14. The van der Waals surface area contributed by atoms with Gasteiger partial charge in [0.2, 0.25) is 0 Å². The van der Waals surface area contributed by atoms with E-state index in [2.05, 4.69) is 26.3 Å². The number of nitrogens with zero attached hydrogens (tertiary/aromatic N) is 2. The van der Waals surface area contributed by atoms with E-state index in [1.807, 2.05) is 25.5 Å². The van der Waals surface area contributed by atoms with Crippen LogP contribution in [0.1, 0.15) is 25.2 Å². The fourth-order valence-corrected chi connectivity index (χ4v) is 2.37. The minimum absolute atomic E-state index is 0.111. The molecule has 1 unspecified atom stereocenters. The van der Waals surface area contributed by atoms with Gasteiger partial charge in [0.05, 0.1) is 22.4 Å². The molecule has 3 nitrogen and oxygen atoms in total. The molecule has 0 spiro atoms. The Morgan fingerprint density at radius 2 is 2.05 bits per heavy atom. The second kappa shape index (κ2) is 6.74. The Hall–Kier alpha value is -0.560. The maximum atomic E-state index is 12.0. The molecule has 7 heteroatoms. The molecule has 0 aliphatic heterocycles. The summed E-state index contributed by atoms with van der Waals surface area (Å²) >= 11 is 3.49. The molecule has 0 aliphatic rings. The highest BCUT2D eigenvalue weighted by Gasteiger charge is 2.26. The Balaban J connectivity index is 2.55. The van der Waals surface area contributed by atoms with Crippen molar-refractivity contribution in [1.29, 1.82) is 0 Å². The van der Waals surface area contributed by atoms with Gasteiger partial charge in [-0.3, -0.25) is 4.68 Å². The lowest BCUT2D eigenvalue weighted by molar-refractivity contribution is -0.125. The molecule has 0 fully saturated rings. The number of rotatable bonds is 6. The van der Waals surface area contributed by atoms with Crippen LogP contribution in [0.15, 0.2) is 4.47 Å². The molecule has 0 saturated carbocycles. The van der Waals surface area contributed by atoms with E-state index in [9.17, 15) is 13.2 Å². The molecule has 0 aliphatic carbocycles. The SMILES string of the molecule is CCn1nc(C)c(Br)c1CC(C)CNCC(F)(F)F. The molecule has 1 N–H and O–H groups in total. The van der Waals surface area contributed by atoms with E-state index >= 15 is 0 Å². The Morgan fingerprint density at radius 1 is 1.42 bits per heavy atom. The first kappa shape index (κ1) is 16.5. The topological polar surface area (TPSA) is 29.9 Å². The summed E-state index contributed by atoms with van der Waals surface area (Å²) in [5.74, 6) is 0.111. The summed E-state index contributed by atoms with van der Waals surface area (Å²) in [6.45, 7) is 5.98.